The van der Waals surface area contributed by atoms with Crippen LogP contribution in [0.1, 0.15) is 39.3 Å². The van der Waals surface area contributed by atoms with Crippen LogP contribution in [0.4, 0.5) is 5.95 Å². The van der Waals surface area contributed by atoms with Crippen LogP contribution in [0.25, 0.3) is 0 Å². The summed E-state index contributed by atoms with van der Waals surface area (Å²) >= 11 is 0. The minimum Gasteiger partial charge on any atom is -0.383 e. The zero-order chi connectivity index (χ0) is 15.7. The molecule has 1 heterocycles. The molecule has 5 heteroatoms. The average Bonchev–Trinajstić information content (AvgIpc) is 2.81. The highest BCUT2D eigenvalue weighted by molar-refractivity contribution is 5.29. The van der Waals surface area contributed by atoms with Gasteiger partial charge in [0, 0.05) is 25.9 Å². The number of hydrogen-bond donors (Lipinski definition) is 1. The van der Waals surface area contributed by atoms with Crippen molar-refractivity contribution >= 4 is 5.95 Å². The standard InChI is InChI=1S/C16H32N4O/c1-6-19(7-2)10-8-9-14(3)17-16-18-15(4)13-20(16)11-12-21-5/h13-14H,6-12H2,1-5H3,(H,17,18). The predicted octanol–water partition coefficient (Wildman–Crippen LogP) is 2.76. The Morgan fingerprint density at radius 3 is 2.71 bits per heavy atom. The minimum absolute atomic E-state index is 0.434. The monoisotopic (exact) mass is 296 g/mol. The van der Waals surface area contributed by atoms with Crippen LogP contribution >= 0.6 is 0 Å². The third-order valence-corrected chi connectivity index (χ3v) is 3.81. The number of imidazole rings is 1. The van der Waals surface area contributed by atoms with Crippen molar-refractivity contribution in [2.75, 3.05) is 38.7 Å². The first-order chi connectivity index (χ1) is 10.1. The Morgan fingerprint density at radius 1 is 1.38 bits per heavy atom. The van der Waals surface area contributed by atoms with Gasteiger partial charge in [-0.05, 0) is 46.3 Å². The predicted molar refractivity (Wildman–Crippen MR) is 88.9 cm³/mol. The Morgan fingerprint density at radius 2 is 2.10 bits per heavy atom. The smallest absolute Gasteiger partial charge is 0.203 e. The molecule has 0 fully saturated rings. The SMILES string of the molecule is CCN(CC)CCCC(C)Nc1nc(C)cn1CCOC. The lowest BCUT2D eigenvalue weighted by molar-refractivity contribution is 0.187. The van der Waals surface area contributed by atoms with Gasteiger partial charge in [0.05, 0.1) is 12.3 Å². The molecule has 1 rings (SSSR count). The number of anilines is 1. The second-order valence-corrected chi connectivity index (χ2v) is 5.61. The van der Waals surface area contributed by atoms with E-state index in [2.05, 4.69) is 46.7 Å². The summed E-state index contributed by atoms with van der Waals surface area (Å²) in [6.07, 6.45) is 4.45. The number of ether oxygens (including phenoxy) is 1. The van der Waals surface area contributed by atoms with Gasteiger partial charge in [0.1, 0.15) is 0 Å². The Kier molecular flexibility index (Phi) is 8.38. The molecule has 0 spiro atoms. The summed E-state index contributed by atoms with van der Waals surface area (Å²) in [6, 6.07) is 0.434. The van der Waals surface area contributed by atoms with Crippen LogP contribution in [-0.4, -0.2) is 53.8 Å². The average molecular weight is 296 g/mol. The fourth-order valence-electron chi connectivity index (χ4n) is 2.48. The van der Waals surface area contributed by atoms with Crippen LogP contribution in [0, 0.1) is 6.92 Å². The Labute approximate surface area is 129 Å². The van der Waals surface area contributed by atoms with Crippen LogP contribution in [-0.2, 0) is 11.3 Å². The third-order valence-electron chi connectivity index (χ3n) is 3.81. The van der Waals surface area contributed by atoms with Crippen LogP contribution in [0.5, 0.6) is 0 Å². The van der Waals surface area contributed by atoms with Gasteiger partial charge in [-0.15, -0.1) is 0 Å². The molecule has 5 nitrogen and oxygen atoms in total. The molecule has 0 radical (unpaired) electrons. The van der Waals surface area contributed by atoms with E-state index in [4.69, 9.17) is 4.74 Å². The van der Waals surface area contributed by atoms with Crippen LogP contribution in [0.3, 0.4) is 0 Å². The summed E-state index contributed by atoms with van der Waals surface area (Å²) in [7, 11) is 1.73. The number of aryl methyl sites for hydroxylation is 1. The van der Waals surface area contributed by atoms with E-state index in [9.17, 15) is 0 Å². The molecule has 1 N–H and O–H groups in total. The highest BCUT2D eigenvalue weighted by atomic mass is 16.5. The fourth-order valence-corrected chi connectivity index (χ4v) is 2.48. The zero-order valence-corrected chi connectivity index (χ0v) is 14.4. The largest absolute Gasteiger partial charge is 0.383 e. The molecule has 1 atom stereocenters. The van der Waals surface area contributed by atoms with E-state index in [0.29, 0.717) is 12.6 Å². The minimum atomic E-state index is 0.434. The van der Waals surface area contributed by atoms with Crippen molar-refractivity contribution in [1.29, 1.82) is 0 Å². The zero-order valence-electron chi connectivity index (χ0n) is 14.4. The molecule has 1 aromatic heterocycles. The number of hydrogen-bond acceptors (Lipinski definition) is 4. The first-order valence-electron chi connectivity index (χ1n) is 8.12. The second-order valence-electron chi connectivity index (χ2n) is 5.61. The second kappa shape index (κ2) is 9.79. The topological polar surface area (TPSA) is 42.3 Å². The first-order valence-corrected chi connectivity index (χ1v) is 8.12. The van der Waals surface area contributed by atoms with Gasteiger partial charge in [-0.3, -0.25) is 0 Å². The van der Waals surface area contributed by atoms with E-state index < -0.39 is 0 Å². The Bertz CT molecular complexity index is 388. The Balaban J connectivity index is 2.41. The summed E-state index contributed by atoms with van der Waals surface area (Å²) in [5, 5.41) is 3.53. The van der Waals surface area contributed by atoms with Gasteiger partial charge in [-0.1, -0.05) is 13.8 Å². The van der Waals surface area contributed by atoms with Crippen LogP contribution < -0.4 is 5.32 Å². The first kappa shape index (κ1) is 18.0. The normalized spacial score (nSPS) is 12.9. The van der Waals surface area contributed by atoms with E-state index in [0.717, 1.165) is 37.7 Å². The summed E-state index contributed by atoms with van der Waals surface area (Å²) in [6.45, 7) is 13.7. The molecule has 0 saturated heterocycles. The number of nitrogens with zero attached hydrogens (tertiary/aromatic N) is 3. The van der Waals surface area contributed by atoms with E-state index in [1.54, 1.807) is 7.11 Å². The molecule has 0 amide bonds. The number of nitrogens with one attached hydrogen (secondary N) is 1. The lowest BCUT2D eigenvalue weighted by atomic mass is 10.2. The van der Waals surface area contributed by atoms with Crippen LogP contribution in [0.2, 0.25) is 0 Å². The molecule has 0 aliphatic heterocycles. The van der Waals surface area contributed by atoms with Gasteiger partial charge in [0.15, 0.2) is 0 Å². The maximum atomic E-state index is 5.15. The lowest BCUT2D eigenvalue weighted by Gasteiger charge is -2.20. The van der Waals surface area contributed by atoms with E-state index >= 15 is 0 Å². The molecule has 0 saturated carbocycles. The molecule has 0 aliphatic carbocycles. The molecule has 0 aliphatic rings. The quantitative estimate of drug-likeness (QED) is 0.682. The van der Waals surface area contributed by atoms with Crippen molar-refractivity contribution in [2.24, 2.45) is 0 Å². The molecule has 1 aromatic rings. The van der Waals surface area contributed by atoms with Gasteiger partial charge in [-0.25, -0.2) is 4.98 Å². The highest BCUT2D eigenvalue weighted by Gasteiger charge is 2.09. The summed E-state index contributed by atoms with van der Waals surface area (Å²) in [4.78, 5) is 7.03. The molecule has 122 valence electrons. The highest BCUT2D eigenvalue weighted by Crippen LogP contribution is 2.12. The molecular formula is C16H32N4O. The van der Waals surface area contributed by atoms with Crippen LogP contribution in [0.15, 0.2) is 6.20 Å². The van der Waals surface area contributed by atoms with Gasteiger partial charge in [0.25, 0.3) is 0 Å². The molecule has 1 unspecified atom stereocenters. The van der Waals surface area contributed by atoms with Gasteiger partial charge < -0.3 is 19.5 Å². The van der Waals surface area contributed by atoms with Crippen molar-refractivity contribution in [1.82, 2.24) is 14.5 Å². The molecule has 0 aromatic carbocycles. The van der Waals surface area contributed by atoms with Gasteiger partial charge >= 0.3 is 0 Å². The number of aromatic nitrogens is 2. The van der Waals surface area contributed by atoms with Crippen molar-refractivity contribution in [3.63, 3.8) is 0 Å². The number of rotatable bonds is 11. The lowest BCUT2D eigenvalue weighted by Crippen LogP contribution is -2.26. The number of methoxy groups -OCH3 is 1. The molecule has 21 heavy (non-hydrogen) atoms. The summed E-state index contributed by atoms with van der Waals surface area (Å²) in [5.74, 6) is 0.958. The van der Waals surface area contributed by atoms with Crippen molar-refractivity contribution in [2.45, 2.75) is 53.1 Å². The van der Waals surface area contributed by atoms with Gasteiger partial charge in [-0.2, -0.15) is 0 Å². The van der Waals surface area contributed by atoms with E-state index in [-0.39, 0.29) is 0 Å². The van der Waals surface area contributed by atoms with Crippen molar-refractivity contribution in [3.05, 3.63) is 11.9 Å². The summed E-state index contributed by atoms with van der Waals surface area (Å²) < 4.78 is 7.29. The van der Waals surface area contributed by atoms with E-state index in [1.807, 2.05) is 6.92 Å². The van der Waals surface area contributed by atoms with Crippen molar-refractivity contribution in [3.8, 4) is 0 Å². The molecule has 0 bridgehead atoms. The maximum absolute atomic E-state index is 5.15. The third kappa shape index (κ3) is 6.48. The Hall–Kier alpha value is -1.07. The maximum Gasteiger partial charge on any atom is 0.203 e. The fraction of sp³-hybridized carbons (Fsp3) is 0.812. The molecular weight excluding hydrogens is 264 g/mol. The van der Waals surface area contributed by atoms with Gasteiger partial charge in [0.2, 0.25) is 5.95 Å². The van der Waals surface area contributed by atoms with E-state index in [1.165, 1.54) is 13.0 Å². The van der Waals surface area contributed by atoms with Crippen molar-refractivity contribution < 1.29 is 4.74 Å². The summed E-state index contributed by atoms with van der Waals surface area (Å²) in [5.41, 5.74) is 1.05.